The van der Waals surface area contributed by atoms with Crippen molar-refractivity contribution in [1.82, 2.24) is 15.5 Å². The van der Waals surface area contributed by atoms with Crippen LogP contribution in [0.25, 0.3) is 0 Å². The molecule has 2 fully saturated rings. The predicted octanol–water partition coefficient (Wildman–Crippen LogP) is 1.42. The van der Waals surface area contributed by atoms with E-state index in [-0.39, 0.29) is 18.5 Å². The molecule has 1 aliphatic heterocycles. The minimum absolute atomic E-state index is 0.0736. The van der Waals surface area contributed by atoms with Crippen LogP contribution in [-0.2, 0) is 16.6 Å². The molecule has 2 aliphatic carbocycles. The van der Waals surface area contributed by atoms with Crippen LogP contribution in [0.1, 0.15) is 30.4 Å². The zero-order chi connectivity index (χ0) is 15.9. The van der Waals surface area contributed by atoms with Gasteiger partial charge in [-0.1, -0.05) is 24.3 Å². The molecule has 1 aromatic rings. The molecule has 23 heavy (non-hydrogen) atoms. The molecule has 3 amide bonds. The average molecular weight is 313 g/mol. The number of amides is 3. The highest BCUT2D eigenvalue weighted by molar-refractivity contribution is 5.85. The number of nitrogens with zero attached hydrogens (tertiary/aromatic N) is 1. The lowest BCUT2D eigenvalue weighted by atomic mass is 9.78. The fourth-order valence-corrected chi connectivity index (χ4v) is 4.37. The van der Waals surface area contributed by atoms with E-state index >= 15 is 0 Å². The third kappa shape index (κ3) is 2.58. The van der Waals surface area contributed by atoms with Gasteiger partial charge in [0.25, 0.3) is 0 Å². The van der Waals surface area contributed by atoms with Crippen molar-refractivity contribution in [2.75, 3.05) is 26.2 Å². The number of rotatable bonds is 2. The number of benzene rings is 1. The molecule has 4 rings (SSSR count). The van der Waals surface area contributed by atoms with Gasteiger partial charge in [0.15, 0.2) is 0 Å². The molecule has 0 unspecified atom stereocenters. The van der Waals surface area contributed by atoms with E-state index in [0.29, 0.717) is 31.0 Å². The standard InChI is InChI=1S/C18H23N3O2/c22-16-12-21(9-8-19-16)17(23)20-11-14-10-18(14)7-3-5-13-4-1-2-6-15(13)18/h1-2,4,6,14H,3,5,7-12H2,(H,19,22)(H,20,23)/t14-,18-/m1/s1. The summed E-state index contributed by atoms with van der Waals surface area (Å²) in [6, 6.07) is 8.66. The highest BCUT2D eigenvalue weighted by atomic mass is 16.2. The van der Waals surface area contributed by atoms with Crippen molar-refractivity contribution < 1.29 is 9.59 Å². The molecule has 0 aromatic heterocycles. The third-order valence-electron chi connectivity index (χ3n) is 5.68. The van der Waals surface area contributed by atoms with E-state index in [9.17, 15) is 9.59 Å². The molecule has 2 N–H and O–H groups in total. The number of nitrogens with one attached hydrogen (secondary N) is 2. The Balaban J connectivity index is 1.37. The van der Waals surface area contributed by atoms with Crippen LogP contribution in [0.15, 0.2) is 24.3 Å². The number of fused-ring (bicyclic) bond motifs is 2. The van der Waals surface area contributed by atoms with E-state index in [4.69, 9.17) is 0 Å². The summed E-state index contributed by atoms with van der Waals surface area (Å²) < 4.78 is 0. The quantitative estimate of drug-likeness (QED) is 0.867. The monoisotopic (exact) mass is 313 g/mol. The van der Waals surface area contributed by atoms with Crippen molar-refractivity contribution in [2.24, 2.45) is 5.92 Å². The topological polar surface area (TPSA) is 61.4 Å². The van der Waals surface area contributed by atoms with Crippen LogP contribution in [0.5, 0.6) is 0 Å². The molecular formula is C18H23N3O2. The summed E-state index contributed by atoms with van der Waals surface area (Å²) in [5, 5.41) is 5.79. The normalized spacial score (nSPS) is 29.0. The summed E-state index contributed by atoms with van der Waals surface area (Å²) in [5.41, 5.74) is 3.28. The zero-order valence-corrected chi connectivity index (χ0v) is 13.3. The molecule has 0 radical (unpaired) electrons. The van der Waals surface area contributed by atoms with Gasteiger partial charge < -0.3 is 15.5 Å². The summed E-state index contributed by atoms with van der Waals surface area (Å²) in [7, 11) is 0. The van der Waals surface area contributed by atoms with Crippen LogP contribution in [-0.4, -0.2) is 43.0 Å². The lowest BCUT2D eigenvalue weighted by Crippen LogP contribution is -2.53. The first-order valence-electron chi connectivity index (χ1n) is 8.57. The van der Waals surface area contributed by atoms with Gasteiger partial charge in [0.05, 0.1) is 0 Å². The van der Waals surface area contributed by atoms with Gasteiger partial charge in [-0.05, 0) is 42.7 Å². The molecule has 1 aromatic carbocycles. The Kier molecular flexibility index (Phi) is 3.51. The highest BCUT2D eigenvalue weighted by Gasteiger charge is 2.56. The second-order valence-electron chi connectivity index (χ2n) is 7.03. The predicted molar refractivity (Wildman–Crippen MR) is 87.1 cm³/mol. The summed E-state index contributed by atoms with van der Waals surface area (Å²) in [4.78, 5) is 25.2. The van der Waals surface area contributed by atoms with Crippen LogP contribution in [0, 0.1) is 5.92 Å². The molecule has 1 saturated carbocycles. The van der Waals surface area contributed by atoms with E-state index in [1.54, 1.807) is 4.90 Å². The second-order valence-corrected chi connectivity index (χ2v) is 7.03. The van der Waals surface area contributed by atoms with Gasteiger partial charge in [-0.25, -0.2) is 4.79 Å². The Morgan fingerprint density at radius 2 is 2.26 bits per heavy atom. The van der Waals surface area contributed by atoms with Gasteiger partial charge >= 0.3 is 6.03 Å². The molecule has 5 heteroatoms. The Morgan fingerprint density at radius 3 is 3.13 bits per heavy atom. The van der Waals surface area contributed by atoms with Gasteiger partial charge in [0, 0.05) is 25.0 Å². The zero-order valence-electron chi connectivity index (χ0n) is 13.3. The van der Waals surface area contributed by atoms with Crippen LogP contribution >= 0.6 is 0 Å². The molecule has 5 nitrogen and oxygen atoms in total. The van der Waals surface area contributed by atoms with E-state index in [1.165, 1.54) is 36.8 Å². The Hall–Kier alpha value is -2.04. The van der Waals surface area contributed by atoms with Crippen LogP contribution in [0.4, 0.5) is 4.79 Å². The van der Waals surface area contributed by atoms with Gasteiger partial charge in [-0.15, -0.1) is 0 Å². The summed E-state index contributed by atoms with van der Waals surface area (Å²) in [5.74, 6) is 0.460. The molecule has 122 valence electrons. The Labute approximate surface area is 136 Å². The average Bonchev–Trinajstić information content (AvgIpc) is 3.26. The first-order chi connectivity index (χ1) is 11.2. The first-order valence-corrected chi connectivity index (χ1v) is 8.57. The number of aryl methyl sites for hydroxylation is 1. The molecule has 2 atom stereocenters. The van der Waals surface area contributed by atoms with Crippen molar-refractivity contribution in [1.29, 1.82) is 0 Å². The van der Waals surface area contributed by atoms with Crippen molar-refractivity contribution in [2.45, 2.75) is 31.1 Å². The molecular weight excluding hydrogens is 290 g/mol. The van der Waals surface area contributed by atoms with E-state index in [2.05, 4.69) is 34.9 Å². The Morgan fingerprint density at radius 1 is 1.39 bits per heavy atom. The molecule has 3 aliphatic rings. The number of urea groups is 1. The van der Waals surface area contributed by atoms with E-state index in [1.807, 2.05) is 0 Å². The number of carbonyl (C=O) groups is 2. The molecule has 1 heterocycles. The summed E-state index contributed by atoms with van der Waals surface area (Å²) in [6.07, 6.45) is 4.83. The maximum absolute atomic E-state index is 12.2. The lowest BCUT2D eigenvalue weighted by Gasteiger charge is -2.28. The maximum atomic E-state index is 12.2. The van der Waals surface area contributed by atoms with Crippen molar-refractivity contribution in [3.63, 3.8) is 0 Å². The van der Waals surface area contributed by atoms with Gasteiger partial charge in [0.1, 0.15) is 6.54 Å². The molecule has 0 bridgehead atoms. The minimum Gasteiger partial charge on any atom is -0.353 e. The lowest BCUT2D eigenvalue weighted by molar-refractivity contribution is -0.123. The van der Waals surface area contributed by atoms with Crippen molar-refractivity contribution >= 4 is 11.9 Å². The summed E-state index contributed by atoms with van der Waals surface area (Å²) in [6.45, 7) is 2.03. The fraction of sp³-hybridized carbons (Fsp3) is 0.556. The smallest absolute Gasteiger partial charge is 0.317 e. The molecule has 1 spiro atoms. The fourth-order valence-electron chi connectivity index (χ4n) is 4.37. The second kappa shape index (κ2) is 5.55. The van der Waals surface area contributed by atoms with E-state index < -0.39 is 0 Å². The van der Waals surface area contributed by atoms with Crippen LogP contribution < -0.4 is 10.6 Å². The van der Waals surface area contributed by atoms with Crippen molar-refractivity contribution in [3.05, 3.63) is 35.4 Å². The first kappa shape index (κ1) is 14.5. The van der Waals surface area contributed by atoms with Gasteiger partial charge in [-0.3, -0.25) is 4.79 Å². The Bertz CT molecular complexity index is 645. The number of carbonyl (C=O) groups excluding carboxylic acids is 2. The van der Waals surface area contributed by atoms with Gasteiger partial charge in [-0.2, -0.15) is 0 Å². The largest absolute Gasteiger partial charge is 0.353 e. The number of hydrogen-bond acceptors (Lipinski definition) is 2. The van der Waals surface area contributed by atoms with Crippen molar-refractivity contribution in [3.8, 4) is 0 Å². The highest BCUT2D eigenvalue weighted by Crippen LogP contribution is 2.59. The third-order valence-corrected chi connectivity index (χ3v) is 5.68. The van der Waals surface area contributed by atoms with Crippen LogP contribution in [0.2, 0.25) is 0 Å². The number of hydrogen-bond donors (Lipinski definition) is 2. The maximum Gasteiger partial charge on any atom is 0.317 e. The van der Waals surface area contributed by atoms with Crippen LogP contribution in [0.3, 0.4) is 0 Å². The SMILES string of the molecule is O=C1CN(C(=O)NC[C@H]2C[C@]23CCCc2ccccc23)CCN1. The van der Waals surface area contributed by atoms with Gasteiger partial charge in [0.2, 0.25) is 5.91 Å². The number of piperazine rings is 1. The van der Waals surface area contributed by atoms with E-state index in [0.717, 1.165) is 0 Å². The minimum atomic E-state index is -0.106. The summed E-state index contributed by atoms with van der Waals surface area (Å²) >= 11 is 0. The molecule has 1 saturated heterocycles.